The maximum absolute atomic E-state index is 4.34. The van der Waals surface area contributed by atoms with E-state index in [9.17, 15) is 0 Å². The van der Waals surface area contributed by atoms with Crippen LogP contribution in [0, 0.1) is 0 Å². The molecule has 22 heavy (non-hydrogen) atoms. The summed E-state index contributed by atoms with van der Waals surface area (Å²) in [6.45, 7) is 14.4. The molecule has 130 valence electrons. The molecule has 0 aromatic carbocycles. The van der Waals surface area contributed by atoms with Crippen molar-refractivity contribution in [1.29, 1.82) is 0 Å². The number of hydrogen-bond acceptors (Lipinski definition) is 3. The van der Waals surface area contributed by atoms with E-state index in [2.05, 4.69) is 60.2 Å². The van der Waals surface area contributed by atoms with Gasteiger partial charge in [0, 0.05) is 38.3 Å². The van der Waals surface area contributed by atoms with Crippen LogP contribution in [-0.2, 0) is 0 Å². The molecule has 5 heteroatoms. The molecule has 1 aliphatic rings. The Bertz CT molecular complexity index is 332. The topological polar surface area (TPSA) is 42.9 Å². The van der Waals surface area contributed by atoms with Gasteiger partial charge in [0.05, 0.1) is 0 Å². The minimum absolute atomic E-state index is 0.173. The van der Waals surface area contributed by atoms with Gasteiger partial charge in [0.15, 0.2) is 5.96 Å². The van der Waals surface area contributed by atoms with Gasteiger partial charge in [-0.1, -0.05) is 6.42 Å². The number of nitrogens with one attached hydrogen (secondary N) is 2. The van der Waals surface area contributed by atoms with Gasteiger partial charge < -0.3 is 15.5 Å². The summed E-state index contributed by atoms with van der Waals surface area (Å²) < 4.78 is 0. The number of nitrogens with zero attached hydrogens (tertiary/aromatic N) is 3. The third-order valence-corrected chi connectivity index (χ3v) is 4.76. The van der Waals surface area contributed by atoms with Gasteiger partial charge >= 0.3 is 0 Å². The summed E-state index contributed by atoms with van der Waals surface area (Å²) in [4.78, 5) is 9.27. The van der Waals surface area contributed by atoms with Crippen molar-refractivity contribution in [3.05, 3.63) is 0 Å². The van der Waals surface area contributed by atoms with Crippen LogP contribution in [0.4, 0.5) is 0 Å². The van der Waals surface area contributed by atoms with E-state index < -0.39 is 0 Å². The molecule has 1 aliphatic heterocycles. The summed E-state index contributed by atoms with van der Waals surface area (Å²) in [6, 6.07) is 0.579. The number of hydrogen-bond donors (Lipinski definition) is 2. The average Bonchev–Trinajstić information content (AvgIpc) is 2.51. The van der Waals surface area contributed by atoms with Gasteiger partial charge in [-0.25, -0.2) is 0 Å². The van der Waals surface area contributed by atoms with Crippen molar-refractivity contribution in [2.24, 2.45) is 4.99 Å². The number of piperidine rings is 1. The highest BCUT2D eigenvalue weighted by molar-refractivity contribution is 5.79. The smallest absolute Gasteiger partial charge is 0.191 e. The Labute approximate surface area is 137 Å². The third-order valence-electron chi connectivity index (χ3n) is 4.76. The minimum atomic E-state index is 0.173. The zero-order valence-corrected chi connectivity index (χ0v) is 15.6. The standard InChI is InChI=1S/C17H37N5/c1-15(2)21(6)13-10-19-16(18-5)20-14-17(3,4)22-11-8-7-9-12-22/h15H,7-14H2,1-6H3,(H2,18,19,20). The summed E-state index contributed by atoms with van der Waals surface area (Å²) in [7, 11) is 4.00. The first kappa shape index (κ1) is 19.2. The van der Waals surface area contributed by atoms with E-state index in [4.69, 9.17) is 0 Å². The number of likely N-dealkylation sites (N-methyl/N-ethyl adjacent to an activating group) is 1. The quantitative estimate of drug-likeness (QED) is 0.555. The molecule has 0 spiro atoms. The van der Waals surface area contributed by atoms with E-state index in [0.29, 0.717) is 6.04 Å². The molecule has 0 radical (unpaired) electrons. The first-order valence-electron chi connectivity index (χ1n) is 8.76. The monoisotopic (exact) mass is 311 g/mol. The first-order valence-corrected chi connectivity index (χ1v) is 8.76. The number of likely N-dealkylation sites (tertiary alicyclic amines) is 1. The molecule has 1 heterocycles. The molecule has 0 aromatic rings. The fraction of sp³-hybridized carbons (Fsp3) is 0.941. The van der Waals surface area contributed by atoms with E-state index >= 15 is 0 Å². The van der Waals surface area contributed by atoms with Gasteiger partial charge in [-0.05, 0) is 60.7 Å². The molecule has 5 nitrogen and oxygen atoms in total. The average molecular weight is 312 g/mol. The van der Waals surface area contributed by atoms with Gasteiger partial charge in [0.2, 0.25) is 0 Å². The Morgan fingerprint density at radius 3 is 2.36 bits per heavy atom. The largest absolute Gasteiger partial charge is 0.355 e. The van der Waals surface area contributed by atoms with Gasteiger partial charge in [0.25, 0.3) is 0 Å². The Morgan fingerprint density at radius 2 is 1.82 bits per heavy atom. The highest BCUT2D eigenvalue weighted by Gasteiger charge is 2.27. The highest BCUT2D eigenvalue weighted by atomic mass is 15.2. The van der Waals surface area contributed by atoms with Crippen molar-refractivity contribution in [1.82, 2.24) is 20.4 Å². The Hall–Kier alpha value is -0.810. The van der Waals surface area contributed by atoms with Crippen molar-refractivity contribution in [2.45, 2.75) is 58.5 Å². The first-order chi connectivity index (χ1) is 10.4. The molecule has 0 amide bonds. The lowest BCUT2D eigenvalue weighted by molar-refractivity contribution is 0.0982. The van der Waals surface area contributed by atoms with Crippen LogP contribution in [0.1, 0.15) is 47.0 Å². The van der Waals surface area contributed by atoms with E-state index in [-0.39, 0.29) is 5.54 Å². The molecule has 0 aliphatic carbocycles. The predicted molar refractivity (Wildman–Crippen MR) is 96.6 cm³/mol. The number of rotatable bonds is 7. The summed E-state index contributed by atoms with van der Waals surface area (Å²) >= 11 is 0. The van der Waals surface area contributed by atoms with Gasteiger partial charge in [-0.2, -0.15) is 0 Å². The fourth-order valence-electron chi connectivity index (χ4n) is 2.74. The summed E-state index contributed by atoms with van der Waals surface area (Å²) in [5.74, 6) is 0.905. The Morgan fingerprint density at radius 1 is 1.18 bits per heavy atom. The van der Waals surface area contributed by atoms with Crippen LogP contribution in [0.3, 0.4) is 0 Å². The summed E-state index contributed by atoms with van der Waals surface area (Å²) in [6.07, 6.45) is 4.04. The predicted octanol–water partition coefficient (Wildman–Crippen LogP) is 1.76. The van der Waals surface area contributed by atoms with Crippen LogP contribution < -0.4 is 10.6 Å². The van der Waals surface area contributed by atoms with Crippen LogP contribution >= 0.6 is 0 Å². The zero-order valence-electron chi connectivity index (χ0n) is 15.6. The second kappa shape index (κ2) is 9.36. The normalized spacial score (nSPS) is 18.1. The minimum Gasteiger partial charge on any atom is -0.355 e. The van der Waals surface area contributed by atoms with Crippen LogP contribution in [-0.4, -0.2) is 74.2 Å². The molecule has 0 unspecified atom stereocenters. The second-order valence-corrected chi connectivity index (χ2v) is 7.29. The summed E-state index contributed by atoms with van der Waals surface area (Å²) in [5, 5.41) is 6.90. The van der Waals surface area contributed by atoms with Crippen LogP contribution in [0.2, 0.25) is 0 Å². The molecule has 1 fully saturated rings. The van der Waals surface area contributed by atoms with Crippen LogP contribution in [0.25, 0.3) is 0 Å². The zero-order chi connectivity index (χ0) is 16.6. The number of aliphatic imine (C=N–C) groups is 1. The highest BCUT2D eigenvalue weighted by Crippen LogP contribution is 2.19. The summed E-state index contributed by atoms with van der Waals surface area (Å²) in [5.41, 5.74) is 0.173. The van der Waals surface area contributed by atoms with Gasteiger partial charge in [0.1, 0.15) is 0 Å². The SMILES string of the molecule is CN=C(NCCN(C)C(C)C)NCC(C)(C)N1CCCCC1. The van der Waals surface area contributed by atoms with Crippen LogP contribution in [0.5, 0.6) is 0 Å². The Balaban J connectivity index is 2.33. The molecule has 0 atom stereocenters. The molecule has 0 saturated carbocycles. The van der Waals surface area contributed by atoms with E-state index in [1.54, 1.807) is 0 Å². The lowest BCUT2D eigenvalue weighted by atomic mass is 9.98. The lowest BCUT2D eigenvalue weighted by Gasteiger charge is -2.41. The molecule has 1 rings (SSSR count). The van der Waals surface area contributed by atoms with Gasteiger partial charge in [-0.3, -0.25) is 9.89 Å². The van der Waals surface area contributed by atoms with Crippen LogP contribution in [0.15, 0.2) is 4.99 Å². The molecule has 0 bridgehead atoms. The maximum Gasteiger partial charge on any atom is 0.191 e. The second-order valence-electron chi connectivity index (χ2n) is 7.29. The van der Waals surface area contributed by atoms with E-state index in [0.717, 1.165) is 25.6 Å². The Kier molecular flexibility index (Phi) is 8.18. The molecule has 2 N–H and O–H groups in total. The lowest BCUT2D eigenvalue weighted by Crippen LogP contribution is -2.55. The maximum atomic E-state index is 4.34. The molecule has 0 aromatic heterocycles. The number of guanidine groups is 1. The molecular weight excluding hydrogens is 274 g/mol. The van der Waals surface area contributed by atoms with E-state index in [1.165, 1.54) is 32.4 Å². The van der Waals surface area contributed by atoms with Crippen molar-refractivity contribution in [3.8, 4) is 0 Å². The van der Waals surface area contributed by atoms with Crippen molar-refractivity contribution in [3.63, 3.8) is 0 Å². The van der Waals surface area contributed by atoms with Crippen molar-refractivity contribution in [2.75, 3.05) is 46.8 Å². The molecular formula is C17H37N5. The van der Waals surface area contributed by atoms with Crippen molar-refractivity contribution >= 4 is 5.96 Å². The van der Waals surface area contributed by atoms with Gasteiger partial charge in [-0.15, -0.1) is 0 Å². The van der Waals surface area contributed by atoms with Crippen molar-refractivity contribution < 1.29 is 0 Å². The third kappa shape index (κ3) is 6.53. The molecule has 1 saturated heterocycles. The van der Waals surface area contributed by atoms with E-state index in [1.807, 2.05) is 7.05 Å². The fourth-order valence-corrected chi connectivity index (χ4v) is 2.74.